The Morgan fingerprint density at radius 1 is 0.939 bits per heavy atom. The summed E-state index contributed by atoms with van der Waals surface area (Å²) >= 11 is 0. The molecule has 33 heavy (non-hydrogen) atoms. The Labute approximate surface area is 193 Å². The van der Waals surface area contributed by atoms with Gasteiger partial charge >= 0.3 is 5.97 Å². The molecule has 0 bridgehead atoms. The lowest BCUT2D eigenvalue weighted by Crippen LogP contribution is -2.10. The van der Waals surface area contributed by atoms with Crippen molar-refractivity contribution in [3.8, 4) is 16.9 Å². The number of rotatable bonds is 9. The van der Waals surface area contributed by atoms with Crippen LogP contribution in [0.25, 0.3) is 22.1 Å². The van der Waals surface area contributed by atoms with Gasteiger partial charge in [-0.25, -0.2) is 0 Å². The largest absolute Gasteiger partial charge is 0.489 e. The first kappa shape index (κ1) is 22.6. The van der Waals surface area contributed by atoms with Crippen LogP contribution in [0.3, 0.4) is 0 Å². The molecule has 1 heterocycles. The lowest BCUT2D eigenvalue weighted by atomic mass is 9.99. The molecule has 170 valence electrons. The van der Waals surface area contributed by atoms with Gasteiger partial charge in [0.05, 0.1) is 19.3 Å². The number of hydrogen-bond acceptors (Lipinski definition) is 6. The summed E-state index contributed by atoms with van der Waals surface area (Å²) in [5.74, 6) is 0.342. The highest BCUT2D eigenvalue weighted by Gasteiger charge is 2.14. The number of nitrogens with two attached hydrogens (primary N) is 2. The minimum Gasteiger partial charge on any atom is -0.489 e. The lowest BCUT2D eigenvalue weighted by Gasteiger charge is -2.14. The van der Waals surface area contributed by atoms with Gasteiger partial charge in [0.1, 0.15) is 17.9 Å². The summed E-state index contributed by atoms with van der Waals surface area (Å²) in [6, 6.07) is 19.8. The second kappa shape index (κ2) is 10.3. The fourth-order valence-electron chi connectivity index (χ4n) is 3.84. The van der Waals surface area contributed by atoms with Gasteiger partial charge in [-0.1, -0.05) is 30.3 Å². The monoisotopic (exact) mass is 444 g/mol. The quantitative estimate of drug-likeness (QED) is 0.363. The summed E-state index contributed by atoms with van der Waals surface area (Å²) < 4.78 is 17.1. The molecule has 0 aliphatic carbocycles. The Bertz CT molecular complexity index is 1260. The molecule has 6 heteroatoms. The van der Waals surface area contributed by atoms with Gasteiger partial charge in [0.15, 0.2) is 0 Å². The molecular weight excluding hydrogens is 416 g/mol. The van der Waals surface area contributed by atoms with Crippen LogP contribution in [0.2, 0.25) is 0 Å². The summed E-state index contributed by atoms with van der Waals surface area (Å²) in [6.07, 6.45) is 1.83. The summed E-state index contributed by atoms with van der Waals surface area (Å²) in [5, 5.41) is 0.992. The van der Waals surface area contributed by atoms with E-state index < -0.39 is 0 Å². The van der Waals surface area contributed by atoms with E-state index in [0.29, 0.717) is 32.1 Å². The molecule has 1 aromatic heterocycles. The van der Waals surface area contributed by atoms with E-state index in [-0.39, 0.29) is 12.4 Å². The topological polar surface area (TPSA) is 101 Å². The molecule has 0 unspecified atom stereocenters. The normalized spacial score (nSPS) is 11.0. The van der Waals surface area contributed by atoms with Crippen LogP contribution in [0.5, 0.6) is 5.75 Å². The zero-order chi connectivity index (χ0) is 23.2. The molecule has 4 N–H and O–H groups in total. The maximum atomic E-state index is 12.0. The highest BCUT2D eigenvalue weighted by Crippen LogP contribution is 2.32. The third kappa shape index (κ3) is 5.25. The number of carbonyl (C=O) groups excluding carboxylic acids is 1. The Balaban J connectivity index is 1.64. The van der Waals surface area contributed by atoms with Crippen molar-refractivity contribution < 1.29 is 18.7 Å². The van der Waals surface area contributed by atoms with Crippen molar-refractivity contribution in [1.29, 1.82) is 0 Å². The molecule has 6 nitrogen and oxygen atoms in total. The summed E-state index contributed by atoms with van der Waals surface area (Å²) in [6.45, 7) is 3.32. The van der Waals surface area contributed by atoms with E-state index in [0.717, 1.165) is 44.3 Å². The number of carbonyl (C=O) groups is 1. The molecule has 0 aliphatic rings. The van der Waals surface area contributed by atoms with E-state index in [1.54, 1.807) is 13.2 Å². The molecular formula is C27H28N2O4. The van der Waals surface area contributed by atoms with Gasteiger partial charge in [-0.15, -0.1) is 0 Å². The number of ether oxygens (including phenoxy) is 2. The van der Waals surface area contributed by atoms with Crippen molar-refractivity contribution in [3.63, 3.8) is 0 Å². The third-order valence-electron chi connectivity index (χ3n) is 5.49. The molecule has 4 aromatic rings. The van der Waals surface area contributed by atoms with Gasteiger partial charge < -0.3 is 25.4 Å². The zero-order valence-electron chi connectivity index (χ0n) is 18.7. The van der Waals surface area contributed by atoms with Crippen LogP contribution in [0, 0.1) is 0 Å². The first-order valence-corrected chi connectivity index (χ1v) is 11.0. The Morgan fingerprint density at radius 2 is 1.76 bits per heavy atom. The average Bonchev–Trinajstić information content (AvgIpc) is 3.31. The maximum Gasteiger partial charge on any atom is 0.310 e. The fraction of sp³-hybridized carbons (Fsp3) is 0.222. The van der Waals surface area contributed by atoms with E-state index in [4.69, 9.17) is 25.4 Å². The minimum absolute atomic E-state index is 0.145. The van der Waals surface area contributed by atoms with Crippen molar-refractivity contribution in [1.82, 2.24) is 0 Å². The molecule has 0 atom stereocenters. The molecule has 0 amide bonds. The fourth-order valence-corrected chi connectivity index (χ4v) is 3.84. The van der Waals surface area contributed by atoms with Crippen LogP contribution in [0.4, 0.5) is 0 Å². The molecule has 0 saturated heterocycles. The maximum absolute atomic E-state index is 12.0. The molecule has 3 aromatic carbocycles. The van der Waals surface area contributed by atoms with Crippen molar-refractivity contribution in [3.05, 3.63) is 89.2 Å². The second-order valence-corrected chi connectivity index (χ2v) is 7.80. The molecule has 0 spiro atoms. The van der Waals surface area contributed by atoms with E-state index >= 15 is 0 Å². The van der Waals surface area contributed by atoms with E-state index in [1.807, 2.05) is 48.5 Å². The van der Waals surface area contributed by atoms with Crippen LogP contribution >= 0.6 is 0 Å². The van der Waals surface area contributed by atoms with Crippen LogP contribution in [0.15, 0.2) is 71.3 Å². The molecule has 0 fully saturated rings. The van der Waals surface area contributed by atoms with Gasteiger partial charge in [-0.05, 0) is 59.5 Å². The lowest BCUT2D eigenvalue weighted by molar-refractivity contribution is -0.142. The smallest absolute Gasteiger partial charge is 0.310 e. The molecule has 4 rings (SSSR count). The predicted molar refractivity (Wildman–Crippen MR) is 129 cm³/mol. The predicted octanol–water partition coefficient (Wildman–Crippen LogP) is 4.70. The number of benzene rings is 3. The second-order valence-electron chi connectivity index (χ2n) is 7.80. The number of hydrogen-bond donors (Lipinski definition) is 2. The van der Waals surface area contributed by atoms with E-state index in [2.05, 4.69) is 12.1 Å². The average molecular weight is 445 g/mol. The number of esters is 1. The Hall–Kier alpha value is -3.61. The van der Waals surface area contributed by atoms with Gasteiger partial charge in [0.25, 0.3) is 0 Å². The van der Waals surface area contributed by atoms with Crippen molar-refractivity contribution in [2.45, 2.75) is 33.0 Å². The van der Waals surface area contributed by atoms with E-state index in [9.17, 15) is 4.79 Å². The first-order valence-electron chi connectivity index (χ1n) is 11.0. The van der Waals surface area contributed by atoms with Crippen molar-refractivity contribution >= 4 is 16.9 Å². The Kier molecular flexibility index (Phi) is 7.07. The molecule has 0 aliphatic heterocycles. The molecule has 0 radical (unpaired) electrons. The van der Waals surface area contributed by atoms with Crippen LogP contribution < -0.4 is 16.2 Å². The van der Waals surface area contributed by atoms with Crippen LogP contribution in [-0.2, 0) is 35.6 Å². The first-order chi connectivity index (χ1) is 16.1. The van der Waals surface area contributed by atoms with Gasteiger partial charge in [-0.3, -0.25) is 4.79 Å². The van der Waals surface area contributed by atoms with Crippen molar-refractivity contribution in [2.24, 2.45) is 11.5 Å². The Morgan fingerprint density at radius 3 is 2.55 bits per heavy atom. The highest BCUT2D eigenvalue weighted by atomic mass is 16.5. The third-order valence-corrected chi connectivity index (χ3v) is 5.49. The zero-order valence-corrected chi connectivity index (χ0v) is 18.7. The minimum atomic E-state index is -0.287. The number of furan rings is 1. The van der Waals surface area contributed by atoms with Crippen LogP contribution in [0.1, 0.15) is 29.2 Å². The SMILES string of the molecule is CCOC(=O)Cc1ccc(CN)cc1OCc1cc(-c2cccc(CN)c2)c2occc2c1. The van der Waals surface area contributed by atoms with Gasteiger partial charge in [0, 0.05) is 29.6 Å². The number of fused-ring (bicyclic) bond motifs is 1. The molecule has 0 saturated carbocycles. The van der Waals surface area contributed by atoms with Gasteiger partial charge in [-0.2, -0.15) is 0 Å². The summed E-state index contributed by atoms with van der Waals surface area (Å²) in [4.78, 5) is 12.0. The standard InChI is InChI=1S/C27H28N2O4/c1-2-31-26(30)14-22-7-6-19(16-29)13-25(22)33-17-20-11-23-8-9-32-27(23)24(12-20)21-5-3-4-18(10-21)15-28/h3-13H,2,14-17,28-29H2,1H3. The van der Waals surface area contributed by atoms with Gasteiger partial charge in [0.2, 0.25) is 0 Å². The van der Waals surface area contributed by atoms with Crippen molar-refractivity contribution in [2.75, 3.05) is 6.61 Å². The summed E-state index contributed by atoms with van der Waals surface area (Å²) in [5.41, 5.74) is 18.2. The highest BCUT2D eigenvalue weighted by molar-refractivity contribution is 5.93. The van der Waals surface area contributed by atoms with Crippen LogP contribution in [-0.4, -0.2) is 12.6 Å². The summed E-state index contributed by atoms with van der Waals surface area (Å²) in [7, 11) is 0. The van der Waals surface area contributed by atoms with E-state index in [1.165, 1.54) is 0 Å².